The SMILES string of the molecule is C/C(=N/NC(=O)CNc1ccc(I)cc1C)c1ccc(F)cc1. The number of hydrazone groups is 1. The van der Waals surface area contributed by atoms with E-state index in [9.17, 15) is 9.18 Å². The summed E-state index contributed by atoms with van der Waals surface area (Å²) in [6, 6.07) is 11.9. The normalized spacial score (nSPS) is 11.2. The molecule has 0 fully saturated rings. The van der Waals surface area contributed by atoms with Crippen molar-refractivity contribution in [2.45, 2.75) is 13.8 Å². The number of carbonyl (C=O) groups is 1. The first-order valence-electron chi connectivity index (χ1n) is 7.05. The fourth-order valence-electron chi connectivity index (χ4n) is 1.94. The van der Waals surface area contributed by atoms with Crippen LogP contribution in [0.25, 0.3) is 0 Å². The van der Waals surface area contributed by atoms with Crippen molar-refractivity contribution in [1.29, 1.82) is 0 Å². The van der Waals surface area contributed by atoms with Gasteiger partial charge in [0.15, 0.2) is 0 Å². The number of hydrogen-bond donors (Lipinski definition) is 2. The van der Waals surface area contributed by atoms with Gasteiger partial charge in [-0.15, -0.1) is 0 Å². The number of aryl methyl sites for hydroxylation is 1. The van der Waals surface area contributed by atoms with Crippen molar-refractivity contribution >= 4 is 39.9 Å². The summed E-state index contributed by atoms with van der Waals surface area (Å²) in [6.07, 6.45) is 0. The van der Waals surface area contributed by atoms with Crippen LogP contribution < -0.4 is 10.7 Å². The first-order chi connectivity index (χ1) is 11.0. The summed E-state index contributed by atoms with van der Waals surface area (Å²) >= 11 is 2.24. The van der Waals surface area contributed by atoms with Gasteiger partial charge in [0.05, 0.1) is 12.3 Å². The standard InChI is InChI=1S/C17H17FIN3O/c1-11-9-15(19)7-8-16(11)20-10-17(23)22-21-12(2)13-3-5-14(18)6-4-13/h3-9,20H,10H2,1-2H3,(H,22,23)/b21-12-. The largest absolute Gasteiger partial charge is 0.376 e. The maximum Gasteiger partial charge on any atom is 0.259 e. The molecule has 0 saturated heterocycles. The van der Waals surface area contributed by atoms with Crippen LogP contribution in [0.15, 0.2) is 47.6 Å². The van der Waals surface area contributed by atoms with Crippen LogP contribution in [-0.4, -0.2) is 18.2 Å². The molecule has 2 rings (SSSR count). The number of nitrogens with one attached hydrogen (secondary N) is 2. The summed E-state index contributed by atoms with van der Waals surface area (Å²) in [6.45, 7) is 3.87. The van der Waals surface area contributed by atoms with Crippen molar-refractivity contribution in [2.24, 2.45) is 5.10 Å². The first kappa shape index (κ1) is 17.4. The maximum absolute atomic E-state index is 12.9. The molecule has 0 saturated carbocycles. The van der Waals surface area contributed by atoms with E-state index in [-0.39, 0.29) is 18.3 Å². The van der Waals surface area contributed by atoms with E-state index >= 15 is 0 Å². The van der Waals surface area contributed by atoms with E-state index in [2.05, 4.69) is 38.4 Å². The van der Waals surface area contributed by atoms with Crippen LogP contribution >= 0.6 is 22.6 Å². The molecule has 2 aromatic carbocycles. The number of hydrogen-bond acceptors (Lipinski definition) is 3. The van der Waals surface area contributed by atoms with Crippen molar-refractivity contribution in [3.05, 3.63) is 63.0 Å². The van der Waals surface area contributed by atoms with Crippen LogP contribution in [0.1, 0.15) is 18.1 Å². The lowest BCUT2D eigenvalue weighted by molar-refractivity contribution is -0.119. The van der Waals surface area contributed by atoms with E-state index in [0.29, 0.717) is 5.71 Å². The molecule has 2 N–H and O–H groups in total. The smallest absolute Gasteiger partial charge is 0.259 e. The lowest BCUT2D eigenvalue weighted by Gasteiger charge is -2.09. The monoisotopic (exact) mass is 425 g/mol. The highest BCUT2D eigenvalue weighted by Crippen LogP contribution is 2.17. The highest BCUT2D eigenvalue weighted by molar-refractivity contribution is 14.1. The Hall–Kier alpha value is -1.96. The van der Waals surface area contributed by atoms with E-state index in [1.165, 1.54) is 12.1 Å². The van der Waals surface area contributed by atoms with E-state index in [0.717, 1.165) is 20.4 Å². The van der Waals surface area contributed by atoms with Crippen molar-refractivity contribution in [2.75, 3.05) is 11.9 Å². The predicted octanol–water partition coefficient (Wildman–Crippen LogP) is 3.69. The third-order valence-corrected chi connectivity index (χ3v) is 3.91. The molecule has 0 radical (unpaired) electrons. The Morgan fingerprint density at radius 1 is 1.22 bits per heavy atom. The molecule has 0 spiro atoms. The molecule has 6 heteroatoms. The number of amides is 1. The summed E-state index contributed by atoms with van der Waals surface area (Å²) in [5, 5.41) is 7.10. The predicted molar refractivity (Wildman–Crippen MR) is 99.1 cm³/mol. The van der Waals surface area contributed by atoms with Crippen LogP contribution in [0.3, 0.4) is 0 Å². The Labute approximate surface area is 148 Å². The van der Waals surface area contributed by atoms with E-state index < -0.39 is 0 Å². The Balaban J connectivity index is 1.89. The van der Waals surface area contributed by atoms with Gasteiger partial charge in [0.1, 0.15) is 5.82 Å². The van der Waals surface area contributed by atoms with Gasteiger partial charge < -0.3 is 5.32 Å². The van der Waals surface area contributed by atoms with Gasteiger partial charge in [-0.25, -0.2) is 9.82 Å². The molecule has 4 nitrogen and oxygen atoms in total. The molecule has 0 bridgehead atoms. The highest BCUT2D eigenvalue weighted by Gasteiger charge is 2.04. The van der Waals surface area contributed by atoms with Gasteiger partial charge in [-0.05, 0) is 77.9 Å². The zero-order valence-corrected chi connectivity index (χ0v) is 15.0. The van der Waals surface area contributed by atoms with Gasteiger partial charge in [0, 0.05) is 9.26 Å². The number of benzene rings is 2. The molecule has 1 amide bonds. The van der Waals surface area contributed by atoms with Crippen molar-refractivity contribution in [3.63, 3.8) is 0 Å². The summed E-state index contributed by atoms with van der Waals surface area (Å²) in [5.74, 6) is -0.549. The number of halogens is 2. The van der Waals surface area contributed by atoms with Crippen LogP contribution in [0, 0.1) is 16.3 Å². The Morgan fingerprint density at radius 3 is 2.57 bits per heavy atom. The topological polar surface area (TPSA) is 53.5 Å². The second-order valence-electron chi connectivity index (χ2n) is 5.05. The molecule has 0 aromatic heterocycles. The Bertz CT molecular complexity index is 729. The van der Waals surface area contributed by atoms with Crippen molar-refractivity contribution < 1.29 is 9.18 Å². The average Bonchev–Trinajstić information content (AvgIpc) is 2.52. The molecule has 120 valence electrons. The molecule has 0 atom stereocenters. The number of rotatable bonds is 5. The van der Waals surface area contributed by atoms with E-state index in [1.54, 1.807) is 19.1 Å². The third kappa shape index (κ3) is 5.31. The molecular formula is C17H17FIN3O. The fourth-order valence-corrected chi connectivity index (χ4v) is 2.59. The molecule has 23 heavy (non-hydrogen) atoms. The quantitative estimate of drug-likeness (QED) is 0.436. The minimum atomic E-state index is -0.303. The highest BCUT2D eigenvalue weighted by atomic mass is 127. The lowest BCUT2D eigenvalue weighted by Crippen LogP contribution is -2.27. The maximum atomic E-state index is 12.9. The van der Waals surface area contributed by atoms with Crippen LogP contribution in [0.5, 0.6) is 0 Å². The van der Waals surface area contributed by atoms with Gasteiger partial charge in [-0.2, -0.15) is 5.10 Å². The number of carbonyl (C=O) groups excluding carboxylic acids is 1. The molecule has 0 aliphatic carbocycles. The summed E-state index contributed by atoms with van der Waals surface area (Å²) in [5.41, 5.74) is 5.86. The zero-order valence-electron chi connectivity index (χ0n) is 12.9. The third-order valence-electron chi connectivity index (χ3n) is 3.24. The van der Waals surface area contributed by atoms with E-state index in [4.69, 9.17) is 0 Å². The number of anilines is 1. The van der Waals surface area contributed by atoms with Crippen molar-refractivity contribution in [1.82, 2.24) is 5.43 Å². The van der Waals surface area contributed by atoms with Gasteiger partial charge in [0.2, 0.25) is 0 Å². The Kier molecular flexibility index (Phi) is 6.09. The summed E-state index contributed by atoms with van der Waals surface area (Å²) in [4.78, 5) is 11.8. The van der Waals surface area contributed by atoms with Crippen LogP contribution in [-0.2, 0) is 4.79 Å². The molecular weight excluding hydrogens is 408 g/mol. The second-order valence-corrected chi connectivity index (χ2v) is 6.30. The van der Waals surface area contributed by atoms with Crippen LogP contribution in [0.2, 0.25) is 0 Å². The molecule has 0 aliphatic heterocycles. The second kappa shape index (κ2) is 8.05. The minimum Gasteiger partial charge on any atom is -0.376 e. The summed E-state index contributed by atoms with van der Waals surface area (Å²) in [7, 11) is 0. The zero-order chi connectivity index (χ0) is 16.8. The lowest BCUT2D eigenvalue weighted by atomic mass is 10.1. The summed E-state index contributed by atoms with van der Waals surface area (Å²) < 4.78 is 14.0. The minimum absolute atomic E-state index is 0.127. The van der Waals surface area contributed by atoms with Gasteiger partial charge in [-0.1, -0.05) is 12.1 Å². The first-order valence-corrected chi connectivity index (χ1v) is 8.12. The van der Waals surface area contributed by atoms with Gasteiger partial charge in [-0.3, -0.25) is 4.79 Å². The Morgan fingerprint density at radius 2 is 1.91 bits per heavy atom. The molecule has 2 aromatic rings. The number of nitrogens with zero attached hydrogens (tertiary/aromatic N) is 1. The van der Waals surface area contributed by atoms with Crippen molar-refractivity contribution in [3.8, 4) is 0 Å². The molecule has 0 heterocycles. The van der Waals surface area contributed by atoms with Crippen LogP contribution in [0.4, 0.5) is 10.1 Å². The van der Waals surface area contributed by atoms with Gasteiger partial charge >= 0.3 is 0 Å². The fraction of sp³-hybridized carbons (Fsp3) is 0.176. The average molecular weight is 425 g/mol. The molecule has 0 aliphatic rings. The molecule has 0 unspecified atom stereocenters. The van der Waals surface area contributed by atoms with E-state index in [1.807, 2.05) is 25.1 Å². The van der Waals surface area contributed by atoms with Gasteiger partial charge in [0.25, 0.3) is 5.91 Å².